The van der Waals surface area contributed by atoms with Crippen molar-refractivity contribution >= 4 is 11.6 Å². The molecule has 0 amide bonds. The zero-order valence-corrected chi connectivity index (χ0v) is 19.3. The van der Waals surface area contributed by atoms with E-state index in [9.17, 15) is 0 Å². The highest BCUT2D eigenvalue weighted by Gasteiger charge is 2.21. The van der Waals surface area contributed by atoms with Gasteiger partial charge in [-0.25, -0.2) is 0 Å². The molecule has 1 aliphatic rings. The summed E-state index contributed by atoms with van der Waals surface area (Å²) in [4.78, 5) is 6.77. The Morgan fingerprint density at radius 3 is 2.39 bits per heavy atom. The lowest BCUT2D eigenvalue weighted by atomic mass is 10.0. The van der Waals surface area contributed by atoms with Crippen LogP contribution in [0.2, 0.25) is 0 Å². The Kier molecular flexibility index (Phi) is 8.03. The van der Waals surface area contributed by atoms with Gasteiger partial charge in [-0.05, 0) is 39.5 Å². The first-order valence-corrected chi connectivity index (χ1v) is 10.9. The minimum atomic E-state index is 0.400. The van der Waals surface area contributed by atoms with E-state index in [-0.39, 0.29) is 0 Å². The number of guanidine groups is 1. The van der Waals surface area contributed by atoms with Crippen molar-refractivity contribution in [2.75, 3.05) is 45.8 Å². The van der Waals surface area contributed by atoms with Crippen LogP contribution in [0.5, 0.6) is 11.5 Å². The Morgan fingerprint density at radius 2 is 1.84 bits per heavy atom. The fraction of sp³-hybridized carbons (Fsp3) is 0.565. The van der Waals surface area contributed by atoms with Crippen molar-refractivity contribution in [3.8, 4) is 11.5 Å². The van der Waals surface area contributed by atoms with Crippen LogP contribution in [0, 0.1) is 13.8 Å². The summed E-state index contributed by atoms with van der Waals surface area (Å²) in [7, 11) is 5.19. The first-order chi connectivity index (χ1) is 15.0. The van der Waals surface area contributed by atoms with Gasteiger partial charge in [0.05, 0.1) is 19.9 Å². The first kappa shape index (κ1) is 22.8. The molecule has 2 aromatic rings. The molecule has 0 atom stereocenters. The van der Waals surface area contributed by atoms with Crippen LogP contribution in [-0.2, 0) is 6.42 Å². The van der Waals surface area contributed by atoms with Gasteiger partial charge in [-0.3, -0.25) is 4.99 Å². The molecule has 0 bridgehead atoms. The van der Waals surface area contributed by atoms with Gasteiger partial charge in [0.25, 0.3) is 0 Å². The summed E-state index contributed by atoms with van der Waals surface area (Å²) in [6.45, 7) is 6.76. The molecule has 3 rings (SSSR count). The van der Waals surface area contributed by atoms with Crippen LogP contribution in [0.15, 0.2) is 27.7 Å². The summed E-state index contributed by atoms with van der Waals surface area (Å²) in [5.41, 5.74) is 3.34. The highest BCUT2D eigenvalue weighted by atomic mass is 16.5. The lowest BCUT2D eigenvalue weighted by Crippen LogP contribution is -2.49. The van der Waals surface area contributed by atoms with Crippen LogP contribution >= 0.6 is 0 Å². The van der Waals surface area contributed by atoms with E-state index in [2.05, 4.69) is 37.8 Å². The molecule has 1 fully saturated rings. The molecule has 0 aliphatic carbocycles. The molecule has 2 N–H and O–H groups in total. The Morgan fingerprint density at radius 1 is 1.16 bits per heavy atom. The van der Waals surface area contributed by atoms with Crippen LogP contribution in [-0.4, -0.2) is 58.1 Å². The average molecular weight is 430 g/mol. The Hall–Kier alpha value is -2.90. The van der Waals surface area contributed by atoms with Crippen LogP contribution in [0.1, 0.15) is 36.3 Å². The van der Waals surface area contributed by atoms with E-state index in [1.807, 2.05) is 27.0 Å². The number of nitrogens with one attached hydrogen (secondary N) is 2. The van der Waals surface area contributed by atoms with Gasteiger partial charge in [-0.1, -0.05) is 5.16 Å². The van der Waals surface area contributed by atoms with Gasteiger partial charge >= 0.3 is 0 Å². The number of hydrogen-bond acceptors (Lipinski definition) is 6. The van der Waals surface area contributed by atoms with E-state index in [4.69, 9.17) is 14.0 Å². The zero-order valence-electron chi connectivity index (χ0n) is 19.3. The van der Waals surface area contributed by atoms with Gasteiger partial charge in [0.15, 0.2) is 5.96 Å². The molecule has 1 aliphatic heterocycles. The third kappa shape index (κ3) is 6.06. The third-order valence-electron chi connectivity index (χ3n) is 5.84. The van der Waals surface area contributed by atoms with Crippen LogP contribution < -0.4 is 25.0 Å². The van der Waals surface area contributed by atoms with E-state index < -0.39 is 0 Å². The number of anilines is 1. The van der Waals surface area contributed by atoms with Gasteiger partial charge in [0, 0.05) is 62.2 Å². The molecule has 170 valence electrons. The maximum Gasteiger partial charge on any atom is 0.191 e. The normalized spacial score (nSPS) is 15.1. The summed E-state index contributed by atoms with van der Waals surface area (Å²) in [5, 5.41) is 11.0. The fourth-order valence-corrected chi connectivity index (χ4v) is 3.98. The summed E-state index contributed by atoms with van der Waals surface area (Å²) < 4.78 is 16.1. The molecule has 0 unspecified atom stereocenters. The third-order valence-corrected chi connectivity index (χ3v) is 5.84. The minimum Gasteiger partial charge on any atom is -0.497 e. The molecule has 8 heteroatoms. The maximum absolute atomic E-state index is 5.41. The quantitative estimate of drug-likeness (QED) is 0.379. The number of aryl methyl sites for hydroxylation is 2. The van der Waals surface area contributed by atoms with Crippen molar-refractivity contribution in [1.82, 2.24) is 15.8 Å². The topological polar surface area (TPSA) is 84.2 Å². The second kappa shape index (κ2) is 10.9. The van der Waals surface area contributed by atoms with Crippen molar-refractivity contribution in [1.29, 1.82) is 0 Å². The Labute approximate surface area is 185 Å². The molecule has 0 radical (unpaired) electrons. The monoisotopic (exact) mass is 429 g/mol. The highest BCUT2D eigenvalue weighted by molar-refractivity contribution is 5.80. The lowest BCUT2D eigenvalue weighted by molar-refractivity contribution is 0.392. The maximum atomic E-state index is 5.41. The number of aliphatic imine (C=N–C) groups is 1. The van der Waals surface area contributed by atoms with Gasteiger partial charge in [0.2, 0.25) is 0 Å². The van der Waals surface area contributed by atoms with Crippen molar-refractivity contribution in [3.63, 3.8) is 0 Å². The minimum absolute atomic E-state index is 0.400. The standard InChI is InChI=1S/C23H35N5O3/c1-16-22(17(2)31-27-16)7-6-10-25-23(24-3)26-18-8-11-28(12-9-18)19-13-20(29-4)15-21(14-19)30-5/h13-15,18H,6-12H2,1-5H3,(H2,24,25,26). The summed E-state index contributed by atoms with van der Waals surface area (Å²) in [6, 6.07) is 6.43. The number of piperidine rings is 1. The van der Waals surface area contributed by atoms with Crippen molar-refractivity contribution in [2.45, 2.75) is 45.6 Å². The lowest BCUT2D eigenvalue weighted by Gasteiger charge is -2.34. The Bertz CT molecular complexity index is 830. The second-order valence-electron chi connectivity index (χ2n) is 7.88. The van der Waals surface area contributed by atoms with Crippen LogP contribution in [0.3, 0.4) is 0 Å². The highest BCUT2D eigenvalue weighted by Crippen LogP contribution is 2.30. The molecular formula is C23H35N5O3. The molecule has 31 heavy (non-hydrogen) atoms. The number of benzene rings is 1. The predicted octanol–water partition coefficient (Wildman–Crippen LogP) is 3.08. The average Bonchev–Trinajstić information content (AvgIpc) is 3.13. The molecular weight excluding hydrogens is 394 g/mol. The molecule has 1 saturated heterocycles. The predicted molar refractivity (Wildman–Crippen MR) is 124 cm³/mol. The number of ether oxygens (including phenoxy) is 2. The number of methoxy groups -OCH3 is 2. The van der Waals surface area contributed by atoms with Crippen molar-refractivity contribution < 1.29 is 14.0 Å². The van der Waals surface area contributed by atoms with E-state index in [1.165, 1.54) is 5.56 Å². The largest absolute Gasteiger partial charge is 0.497 e. The number of rotatable bonds is 8. The van der Waals surface area contributed by atoms with Gasteiger partial charge < -0.3 is 29.5 Å². The molecule has 0 spiro atoms. The molecule has 1 aromatic carbocycles. The fourth-order valence-electron chi connectivity index (χ4n) is 3.98. The number of nitrogens with zero attached hydrogens (tertiary/aromatic N) is 3. The SMILES string of the molecule is CN=C(NCCCc1c(C)noc1C)NC1CCN(c2cc(OC)cc(OC)c2)CC1. The number of aromatic nitrogens is 1. The van der Waals surface area contributed by atoms with Crippen LogP contribution in [0.4, 0.5) is 5.69 Å². The Balaban J connectivity index is 1.44. The van der Waals surface area contributed by atoms with Crippen LogP contribution in [0.25, 0.3) is 0 Å². The van der Waals surface area contributed by atoms with Gasteiger partial charge in [-0.2, -0.15) is 0 Å². The summed E-state index contributed by atoms with van der Waals surface area (Å²) >= 11 is 0. The number of hydrogen-bond donors (Lipinski definition) is 2. The van der Waals surface area contributed by atoms with Gasteiger partial charge in [-0.15, -0.1) is 0 Å². The van der Waals surface area contributed by atoms with Gasteiger partial charge in [0.1, 0.15) is 17.3 Å². The van der Waals surface area contributed by atoms with Crippen molar-refractivity contribution in [2.24, 2.45) is 4.99 Å². The summed E-state index contributed by atoms with van der Waals surface area (Å²) in [6.07, 6.45) is 4.03. The molecule has 8 nitrogen and oxygen atoms in total. The van der Waals surface area contributed by atoms with E-state index in [1.54, 1.807) is 14.2 Å². The molecule has 2 heterocycles. The molecule has 0 saturated carbocycles. The smallest absolute Gasteiger partial charge is 0.191 e. The molecule has 1 aromatic heterocycles. The zero-order chi connectivity index (χ0) is 22.2. The van der Waals surface area contributed by atoms with Crippen molar-refractivity contribution in [3.05, 3.63) is 35.2 Å². The first-order valence-electron chi connectivity index (χ1n) is 10.9. The van der Waals surface area contributed by atoms with E-state index >= 15 is 0 Å². The second-order valence-corrected chi connectivity index (χ2v) is 7.88. The van der Waals surface area contributed by atoms with E-state index in [0.29, 0.717) is 6.04 Å². The summed E-state index contributed by atoms with van der Waals surface area (Å²) in [5.74, 6) is 3.41. The van der Waals surface area contributed by atoms with E-state index in [0.717, 1.165) is 79.9 Å².